The molecule has 19 heavy (non-hydrogen) atoms. The molecule has 0 aromatic rings. The molecule has 0 amide bonds. The first-order valence-corrected chi connectivity index (χ1v) is 8.23. The summed E-state index contributed by atoms with van der Waals surface area (Å²) in [6, 6.07) is 0. The lowest BCUT2D eigenvalue weighted by molar-refractivity contribution is 0.271. The van der Waals surface area contributed by atoms with Crippen molar-refractivity contribution in [1.82, 2.24) is 15.1 Å². The molecule has 3 nitrogen and oxygen atoms in total. The molecule has 2 rings (SSSR count). The summed E-state index contributed by atoms with van der Waals surface area (Å²) in [6.45, 7) is 15.9. The highest BCUT2D eigenvalue weighted by atomic mass is 15.2. The first-order valence-electron chi connectivity index (χ1n) is 8.23. The molecule has 1 N–H and O–H groups in total. The molecule has 112 valence electrons. The second kappa shape index (κ2) is 7.05. The van der Waals surface area contributed by atoms with Crippen LogP contribution in [0.1, 0.15) is 46.5 Å². The Hall–Kier alpha value is -0.120. The van der Waals surface area contributed by atoms with Gasteiger partial charge in [-0.2, -0.15) is 0 Å². The number of hydrogen-bond acceptors (Lipinski definition) is 3. The molecule has 2 fully saturated rings. The summed E-state index contributed by atoms with van der Waals surface area (Å²) < 4.78 is 0. The topological polar surface area (TPSA) is 18.5 Å². The van der Waals surface area contributed by atoms with Crippen LogP contribution in [0.5, 0.6) is 0 Å². The van der Waals surface area contributed by atoms with Gasteiger partial charge in [-0.25, -0.2) is 0 Å². The smallest absolute Gasteiger partial charge is 0.00966 e. The fraction of sp³-hybridized carbons (Fsp3) is 1.00. The predicted molar refractivity (Wildman–Crippen MR) is 82.6 cm³/mol. The molecule has 0 bridgehead atoms. The third kappa shape index (κ3) is 5.80. The van der Waals surface area contributed by atoms with Gasteiger partial charge < -0.3 is 15.1 Å². The summed E-state index contributed by atoms with van der Waals surface area (Å²) in [5.41, 5.74) is 0.267. The van der Waals surface area contributed by atoms with Crippen molar-refractivity contribution in [3.63, 3.8) is 0 Å². The van der Waals surface area contributed by atoms with Gasteiger partial charge in [-0.1, -0.05) is 0 Å². The van der Waals surface area contributed by atoms with E-state index >= 15 is 0 Å². The van der Waals surface area contributed by atoms with Crippen LogP contribution in [0.15, 0.2) is 0 Å². The van der Waals surface area contributed by atoms with Crippen molar-refractivity contribution in [3.8, 4) is 0 Å². The van der Waals surface area contributed by atoms with E-state index in [0.717, 1.165) is 5.92 Å². The van der Waals surface area contributed by atoms with E-state index in [1.807, 2.05) is 0 Å². The summed E-state index contributed by atoms with van der Waals surface area (Å²) in [5, 5.41) is 3.65. The van der Waals surface area contributed by atoms with E-state index in [0.29, 0.717) is 0 Å². The van der Waals surface area contributed by atoms with Gasteiger partial charge in [0.05, 0.1) is 0 Å². The van der Waals surface area contributed by atoms with Crippen molar-refractivity contribution < 1.29 is 0 Å². The van der Waals surface area contributed by atoms with Gasteiger partial charge in [0.1, 0.15) is 0 Å². The third-order valence-electron chi connectivity index (χ3n) is 4.44. The average molecular weight is 267 g/mol. The van der Waals surface area contributed by atoms with Gasteiger partial charge in [0.25, 0.3) is 0 Å². The van der Waals surface area contributed by atoms with E-state index < -0.39 is 0 Å². The van der Waals surface area contributed by atoms with Crippen LogP contribution in [0, 0.1) is 5.92 Å². The second-order valence-electron chi connectivity index (χ2n) is 7.49. The van der Waals surface area contributed by atoms with Gasteiger partial charge in [-0.15, -0.1) is 0 Å². The van der Waals surface area contributed by atoms with Crippen LogP contribution < -0.4 is 5.32 Å². The lowest BCUT2D eigenvalue weighted by Gasteiger charge is -2.23. The lowest BCUT2D eigenvalue weighted by atomic mass is 10.1. The molecular formula is C16H33N3. The molecule has 2 aliphatic rings. The molecule has 2 saturated heterocycles. The molecule has 0 aliphatic carbocycles. The van der Waals surface area contributed by atoms with Gasteiger partial charge >= 0.3 is 0 Å². The maximum absolute atomic E-state index is 3.65. The molecule has 1 unspecified atom stereocenters. The summed E-state index contributed by atoms with van der Waals surface area (Å²) in [5.74, 6) is 0.867. The van der Waals surface area contributed by atoms with Gasteiger partial charge in [0, 0.05) is 12.1 Å². The molecule has 2 heterocycles. The maximum atomic E-state index is 3.65. The third-order valence-corrected chi connectivity index (χ3v) is 4.44. The Kier molecular flexibility index (Phi) is 5.67. The first-order chi connectivity index (χ1) is 9.03. The SMILES string of the molecule is CC(C)(C)NCC1CCN(CCCN2CCCC2)C1. The van der Waals surface area contributed by atoms with Crippen LogP contribution in [-0.4, -0.2) is 61.2 Å². The normalized spacial score (nSPS) is 26.4. The number of rotatable bonds is 6. The Morgan fingerprint density at radius 3 is 2.37 bits per heavy atom. The van der Waals surface area contributed by atoms with Gasteiger partial charge in [0.15, 0.2) is 0 Å². The molecule has 0 saturated carbocycles. The Labute approximate surface area is 119 Å². The van der Waals surface area contributed by atoms with Crippen LogP contribution in [0.2, 0.25) is 0 Å². The minimum Gasteiger partial charge on any atom is -0.312 e. The fourth-order valence-electron chi connectivity index (χ4n) is 3.26. The van der Waals surface area contributed by atoms with Crippen LogP contribution in [0.4, 0.5) is 0 Å². The molecule has 0 radical (unpaired) electrons. The molecule has 2 aliphatic heterocycles. The Morgan fingerprint density at radius 1 is 1.00 bits per heavy atom. The number of nitrogens with zero attached hydrogens (tertiary/aromatic N) is 2. The van der Waals surface area contributed by atoms with Gasteiger partial charge in [0.2, 0.25) is 0 Å². The van der Waals surface area contributed by atoms with Gasteiger partial charge in [-0.3, -0.25) is 0 Å². The van der Waals surface area contributed by atoms with Crippen LogP contribution in [-0.2, 0) is 0 Å². The standard InChI is InChI=1S/C16H33N3/c1-16(2,3)17-13-15-7-12-19(14-15)11-6-10-18-8-4-5-9-18/h15,17H,4-14H2,1-3H3. The van der Waals surface area contributed by atoms with E-state index in [9.17, 15) is 0 Å². The molecule has 0 aromatic carbocycles. The summed E-state index contributed by atoms with van der Waals surface area (Å²) in [7, 11) is 0. The van der Waals surface area contributed by atoms with Crippen molar-refractivity contribution >= 4 is 0 Å². The highest BCUT2D eigenvalue weighted by Crippen LogP contribution is 2.17. The fourth-order valence-corrected chi connectivity index (χ4v) is 3.26. The monoisotopic (exact) mass is 267 g/mol. The first kappa shape index (κ1) is 15.3. The van der Waals surface area contributed by atoms with E-state index in [4.69, 9.17) is 0 Å². The zero-order chi connectivity index (χ0) is 13.7. The van der Waals surface area contributed by atoms with Crippen LogP contribution in [0.25, 0.3) is 0 Å². The Bertz CT molecular complexity index is 253. The minimum atomic E-state index is 0.267. The lowest BCUT2D eigenvalue weighted by Crippen LogP contribution is -2.39. The summed E-state index contributed by atoms with van der Waals surface area (Å²) in [6.07, 6.45) is 5.58. The van der Waals surface area contributed by atoms with Crippen molar-refractivity contribution in [2.24, 2.45) is 5.92 Å². The van der Waals surface area contributed by atoms with Crippen LogP contribution >= 0.6 is 0 Å². The predicted octanol–water partition coefficient (Wildman–Crippen LogP) is 2.18. The minimum absolute atomic E-state index is 0.267. The summed E-state index contributed by atoms with van der Waals surface area (Å²) in [4.78, 5) is 5.31. The quantitative estimate of drug-likeness (QED) is 0.796. The molecule has 0 aromatic heterocycles. The van der Waals surface area contributed by atoms with Crippen LogP contribution in [0.3, 0.4) is 0 Å². The van der Waals surface area contributed by atoms with Crippen molar-refractivity contribution in [1.29, 1.82) is 0 Å². The van der Waals surface area contributed by atoms with E-state index in [1.54, 1.807) is 0 Å². The molecular weight excluding hydrogens is 234 g/mol. The largest absolute Gasteiger partial charge is 0.312 e. The number of likely N-dealkylation sites (tertiary alicyclic amines) is 2. The Morgan fingerprint density at radius 2 is 1.68 bits per heavy atom. The zero-order valence-corrected chi connectivity index (χ0v) is 13.2. The summed E-state index contributed by atoms with van der Waals surface area (Å²) >= 11 is 0. The average Bonchev–Trinajstić information content (AvgIpc) is 2.97. The van der Waals surface area contributed by atoms with E-state index in [1.165, 1.54) is 71.5 Å². The number of nitrogens with one attached hydrogen (secondary N) is 1. The highest BCUT2D eigenvalue weighted by Gasteiger charge is 2.23. The second-order valence-corrected chi connectivity index (χ2v) is 7.49. The number of hydrogen-bond donors (Lipinski definition) is 1. The zero-order valence-electron chi connectivity index (χ0n) is 13.2. The van der Waals surface area contributed by atoms with E-state index in [2.05, 4.69) is 35.9 Å². The van der Waals surface area contributed by atoms with Crippen molar-refractivity contribution in [3.05, 3.63) is 0 Å². The molecule has 1 atom stereocenters. The van der Waals surface area contributed by atoms with E-state index in [-0.39, 0.29) is 5.54 Å². The maximum Gasteiger partial charge on any atom is 0.00966 e. The van der Waals surface area contributed by atoms with Crippen molar-refractivity contribution in [2.45, 2.75) is 52.0 Å². The Balaban J connectivity index is 1.54. The highest BCUT2D eigenvalue weighted by molar-refractivity contribution is 4.80. The van der Waals surface area contributed by atoms with Gasteiger partial charge in [-0.05, 0) is 91.6 Å². The molecule has 3 heteroatoms. The van der Waals surface area contributed by atoms with Crippen molar-refractivity contribution in [2.75, 3.05) is 45.8 Å². The molecule has 0 spiro atoms.